The zero-order valence-electron chi connectivity index (χ0n) is 10.7. The Balaban J connectivity index is 2.61. The maximum absolute atomic E-state index is 13.3. The van der Waals surface area contributed by atoms with Crippen molar-refractivity contribution in [1.29, 1.82) is 0 Å². The van der Waals surface area contributed by atoms with E-state index >= 15 is 0 Å². The molecule has 1 aromatic heterocycles. The molecule has 1 heterocycles. The van der Waals surface area contributed by atoms with Gasteiger partial charge in [-0.2, -0.15) is 13.2 Å². The molecule has 20 heavy (non-hydrogen) atoms. The third-order valence-electron chi connectivity index (χ3n) is 2.91. The van der Waals surface area contributed by atoms with E-state index in [4.69, 9.17) is 5.73 Å². The number of hydrogen-bond acceptors (Lipinski definition) is 3. The molecule has 106 valence electrons. The van der Waals surface area contributed by atoms with Crippen molar-refractivity contribution < 1.29 is 17.6 Å². The van der Waals surface area contributed by atoms with Gasteiger partial charge in [0.15, 0.2) is 5.82 Å². The molecular formula is C13H11F4N3. The van der Waals surface area contributed by atoms with E-state index in [0.717, 1.165) is 12.1 Å². The molecule has 0 saturated carbocycles. The molecule has 0 spiro atoms. The molecule has 2 rings (SSSR count). The standard InChI is InChI=1S/C13H11F4N3/c1-6-7(2)19-12(20-11(6)18)8-3-9(13(15,16)17)5-10(14)4-8/h3-5H,1-2H3,(H2,18,19,20). The van der Waals surface area contributed by atoms with E-state index in [1.165, 1.54) is 0 Å². The topological polar surface area (TPSA) is 51.8 Å². The molecule has 2 N–H and O–H groups in total. The quantitative estimate of drug-likeness (QED) is 0.816. The Hall–Kier alpha value is -2.18. The van der Waals surface area contributed by atoms with Gasteiger partial charge in [0.1, 0.15) is 11.6 Å². The van der Waals surface area contributed by atoms with Crippen LogP contribution < -0.4 is 5.73 Å². The molecule has 0 bridgehead atoms. The highest BCUT2D eigenvalue weighted by molar-refractivity contribution is 5.60. The molecule has 0 aliphatic rings. The summed E-state index contributed by atoms with van der Waals surface area (Å²) < 4.78 is 51.3. The number of rotatable bonds is 1. The number of nitrogen functional groups attached to an aromatic ring is 1. The molecule has 0 radical (unpaired) electrons. The van der Waals surface area contributed by atoms with E-state index in [0.29, 0.717) is 17.3 Å². The molecule has 0 aliphatic carbocycles. The van der Waals surface area contributed by atoms with E-state index in [-0.39, 0.29) is 17.2 Å². The summed E-state index contributed by atoms with van der Waals surface area (Å²) in [6.07, 6.45) is -4.64. The van der Waals surface area contributed by atoms with Gasteiger partial charge in [-0.05, 0) is 32.0 Å². The van der Waals surface area contributed by atoms with Crippen molar-refractivity contribution in [2.45, 2.75) is 20.0 Å². The second-order valence-electron chi connectivity index (χ2n) is 4.37. The minimum atomic E-state index is -4.64. The van der Waals surface area contributed by atoms with Gasteiger partial charge in [-0.15, -0.1) is 0 Å². The van der Waals surface area contributed by atoms with E-state index in [1.807, 2.05) is 0 Å². The molecule has 0 amide bonds. The van der Waals surface area contributed by atoms with Crippen molar-refractivity contribution in [2.75, 3.05) is 5.73 Å². The van der Waals surface area contributed by atoms with Crippen molar-refractivity contribution in [2.24, 2.45) is 0 Å². The van der Waals surface area contributed by atoms with Gasteiger partial charge in [0.05, 0.1) is 5.56 Å². The molecule has 0 saturated heterocycles. The molecule has 2 aromatic rings. The van der Waals surface area contributed by atoms with Crippen LogP contribution in [-0.2, 0) is 6.18 Å². The van der Waals surface area contributed by atoms with Crippen LogP contribution in [0.15, 0.2) is 18.2 Å². The first-order chi connectivity index (χ1) is 9.18. The normalized spacial score (nSPS) is 11.7. The zero-order valence-corrected chi connectivity index (χ0v) is 10.7. The Labute approximate surface area is 112 Å². The van der Waals surface area contributed by atoms with Gasteiger partial charge in [-0.25, -0.2) is 14.4 Å². The molecular weight excluding hydrogens is 274 g/mol. The van der Waals surface area contributed by atoms with Crippen molar-refractivity contribution in [1.82, 2.24) is 9.97 Å². The van der Waals surface area contributed by atoms with Crippen LogP contribution in [0.2, 0.25) is 0 Å². The fourth-order valence-corrected chi connectivity index (χ4v) is 1.66. The van der Waals surface area contributed by atoms with Gasteiger partial charge in [-0.3, -0.25) is 0 Å². The fourth-order valence-electron chi connectivity index (χ4n) is 1.66. The number of benzene rings is 1. The smallest absolute Gasteiger partial charge is 0.383 e. The Morgan fingerprint density at radius 3 is 2.25 bits per heavy atom. The zero-order chi connectivity index (χ0) is 15.1. The van der Waals surface area contributed by atoms with Crippen LogP contribution in [0.5, 0.6) is 0 Å². The van der Waals surface area contributed by atoms with Crippen molar-refractivity contribution in [3.05, 3.63) is 40.8 Å². The Morgan fingerprint density at radius 2 is 1.70 bits per heavy atom. The highest BCUT2D eigenvalue weighted by atomic mass is 19.4. The summed E-state index contributed by atoms with van der Waals surface area (Å²) in [4.78, 5) is 7.94. The number of halogens is 4. The third-order valence-corrected chi connectivity index (χ3v) is 2.91. The summed E-state index contributed by atoms with van der Waals surface area (Å²) in [5.74, 6) is -0.879. The SMILES string of the molecule is Cc1nc(-c2cc(F)cc(C(F)(F)F)c2)nc(N)c1C. The Kier molecular flexibility index (Phi) is 3.37. The molecule has 0 aliphatic heterocycles. The number of nitrogens with two attached hydrogens (primary N) is 1. The second kappa shape index (κ2) is 4.73. The minimum Gasteiger partial charge on any atom is -0.383 e. The number of aromatic nitrogens is 2. The number of aryl methyl sites for hydroxylation is 1. The Bertz CT molecular complexity index is 642. The maximum Gasteiger partial charge on any atom is 0.416 e. The highest BCUT2D eigenvalue weighted by Crippen LogP contribution is 2.32. The number of hydrogen-bond donors (Lipinski definition) is 1. The molecule has 7 heteroatoms. The summed E-state index contributed by atoms with van der Waals surface area (Å²) in [6.45, 7) is 3.35. The van der Waals surface area contributed by atoms with Crippen molar-refractivity contribution >= 4 is 5.82 Å². The molecule has 0 atom stereocenters. The first kappa shape index (κ1) is 14.2. The fraction of sp³-hybridized carbons (Fsp3) is 0.231. The van der Waals surface area contributed by atoms with Crippen LogP contribution in [0.25, 0.3) is 11.4 Å². The van der Waals surface area contributed by atoms with Gasteiger partial charge >= 0.3 is 6.18 Å². The monoisotopic (exact) mass is 285 g/mol. The first-order valence-corrected chi connectivity index (χ1v) is 5.67. The van der Waals surface area contributed by atoms with Crippen molar-refractivity contribution in [3.63, 3.8) is 0 Å². The lowest BCUT2D eigenvalue weighted by Crippen LogP contribution is -2.07. The highest BCUT2D eigenvalue weighted by Gasteiger charge is 2.31. The van der Waals surface area contributed by atoms with Gasteiger partial charge in [0.25, 0.3) is 0 Å². The van der Waals surface area contributed by atoms with Gasteiger partial charge in [0.2, 0.25) is 0 Å². The predicted molar refractivity (Wildman–Crippen MR) is 66.3 cm³/mol. The summed E-state index contributed by atoms with van der Waals surface area (Å²) in [5.41, 5.74) is 5.67. The van der Waals surface area contributed by atoms with Crippen LogP contribution in [0, 0.1) is 19.7 Å². The predicted octanol–water partition coefficient (Wildman–Crippen LogP) is 3.50. The third kappa shape index (κ3) is 2.71. The minimum absolute atomic E-state index is 0.0319. The van der Waals surface area contributed by atoms with Gasteiger partial charge in [0, 0.05) is 16.8 Å². The summed E-state index contributed by atoms with van der Waals surface area (Å²) >= 11 is 0. The average molecular weight is 285 g/mol. The van der Waals surface area contributed by atoms with Crippen LogP contribution in [0.1, 0.15) is 16.8 Å². The van der Waals surface area contributed by atoms with E-state index < -0.39 is 17.6 Å². The van der Waals surface area contributed by atoms with Gasteiger partial charge < -0.3 is 5.73 Å². The maximum atomic E-state index is 13.3. The lowest BCUT2D eigenvalue weighted by Gasteiger charge is -2.10. The number of nitrogens with zero attached hydrogens (tertiary/aromatic N) is 2. The largest absolute Gasteiger partial charge is 0.416 e. The molecule has 0 unspecified atom stereocenters. The van der Waals surface area contributed by atoms with E-state index in [2.05, 4.69) is 9.97 Å². The van der Waals surface area contributed by atoms with Crippen molar-refractivity contribution in [3.8, 4) is 11.4 Å². The van der Waals surface area contributed by atoms with E-state index in [9.17, 15) is 17.6 Å². The summed E-state index contributed by atoms with van der Waals surface area (Å²) in [6, 6.07) is 2.17. The summed E-state index contributed by atoms with van der Waals surface area (Å²) in [7, 11) is 0. The van der Waals surface area contributed by atoms with Crippen LogP contribution in [0.4, 0.5) is 23.4 Å². The number of anilines is 1. The molecule has 3 nitrogen and oxygen atoms in total. The van der Waals surface area contributed by atoms with Gasteiger partial charge in [-0.1, -0.05) is 0 Å². The average Bonchev–Trinajstić information content (AvgIpc) is 2.33. The Morgan fingerprint density at radius 1 is 1.05 bits per heavy atom. The van der Waals surface area contributed by atoms with Crippen LogP contribution in [0.3, 0.4) is 0 Å². The van der Waals surface area contributed by atoms with Crippen LogP contribution in [-0.4, -0.2) is 9.97 Å². The molecule has 0 fully saturated rings. The lowest BCUT2D eigenvalue weighted by molar-refractivity contribution is -0.137. The summed E-state index contributed by atoms with van der Waals surface area (Å²) in [5, 5.41) is 0. The second-order valence-corrected chi connectivity index (χ2v) is 4.37. The van der Waals surface area contributed by atoms with E-state index in [1.54, 1.807) is 13.8 Å². The molecule has 1 aromatic carbocycles. The lowest BCUT2D eigenvalue weighted by atomic mass is 10.1. The van der Waals surface area contributed by atoms with Crippen LogP contribution >= 0.6 is 0 Å². The number of alkyl halides is 3. The first-order valence-electron chi connectivity index (χ1n) is 5.67.